The van der Waals surface area contributed by atoms with Gasteiger partial charge in [0.1, 0.15) is 19.0 Å². The molecule has 1 rings (SSSR count). The number of benzene rings is 1. The topological polar surface area (TPSA) is 29.5 Å². The van der Waals surface area contributed by atoms with Crippen LogP contribution in [0.5, 0.6) is 5.75 Å². The number of hydrogen-bond donors (Lipinski definition) is 1. The van der Waals surface area contributed by atoms with Crippen molar-refractivity contribution in [2.75, 3.05) is 13.2 Å². The normalized spacial score (nSPS) is 9.60. The van der Waals surface area contributed by atoms with E-state index in [-0.39, 0.29) is 6.61 Å². The van der Waals surface area contributed by atoms with E-state index in [0.29, 0.717) is 11.3 Å². The maximum Gasteiger partial charge on any atom is 0.272 e. The first-order chi connectivity index (χ1) is 7.22. The number of halogens is 2. The summed E-state index contributed by atoms with van der Waals surface area (Å²) in [6.45, 7) is -0.862. The summed E-state index contributed by atoms with van der Waals surface area (Å²) < 4.78 is 28.5. The van der Waals surface area contributed by atoms with Crippen molar-refractivity contribution in [1.82, 2.24) is 0 Å². The Morgan fingerprint density at radius 2 is 2.20 bits per heavy atom. The fraction of sp³-hybridized carbons (Fsp3) is 0.273. The van der Waals surface area contributed by atoms with Gasteiger partial charge in [-0.2, -0.15) is 0 Å². The Balaban J connectivity index is 2.65. The highest BCUT2D eigenvalue weighted by atomic mass is 19.3. The van der Waals surface area contributed by atoms with Crippen molar-refractivity contribution in [3.63, 3.8) is 0 Å². The number of rotatable bonds is 3. The Morgan fingerprint density at radius 1 is 1.40 bits per heavy atom. The molecule has 0 aliphatic rings. The lowest BCUT2D eigenvalue weighted by Gasteiger charge is -2.04. The second-order valence-corrected chi connectivity index (χ2v) is 2.69. The average molecular weight is 212 g/mol. The van der Waals surface area contributed by atoms with Crippen LogP contribution in [0, 0.1) is 11.8 Å². The molecular weight excluding hydrogens is 202 g/mol. The third-order valence-corrected chi connectivity index (χ3v) is 1.52. The van der Waals surface area contributed by atoms with E-state index in [1.807, 2.05) is 0 Å². The van der Waals surface area contributed by atoms with Crippen molar-refractivity contribution in [1.29, 1.82) is 0 Å². The Morgan fingerprint density at radius 3 is 2.87 bits per heavy atom. The SMILES string of the molecule is OCC#Cc1cccc(OCC(F)F)c1. The van der Waals surface area contributed by atoms with E-state index >= 15 is 0 Å². The molecule has 1 aromatic carbocycles. The van der Waals surface area contributed by atoms with Gasteiger partial charge in [-0.05, 0) is 18.2 Å². The van der Waals surface area contributed by atoms with Crippen molar-refractivity contribution in [2.45, 2.75) is 6.43 Å². The largest absolute Gasteiger partial charge is 0.488 e. The van der Waals surface area contributed by atoms with Crippen molar-refractivity contribution in [3.8, 4) is 17.6 Å². The summed E-state index contributed by atoms with van der Waals surface area (Å²) in [5, 5.41) is 8.47. The van der Waals surface area contributed by atoms with Crippen molar-refractivity contribution in [2.24, 2.45) is 0 Å². The number of ether oxygens (including phenoxy) is 1. The molecule has 1 aromatic rings. The van der Waals surface area contributed by atoms with Gasteiger partial charge in [-0.25, -0.2) is 8.78 Å². The summed E-state index contributed by atoms with van der Waals surface area (Å²) in [4.78, 5) is 0. The van der Waals surface area contributed by atoms with Crippen LogP contribution in [0.2, 0.25) is 0 Å². The van der Waals surface area contributed by atoms with Crippen LogP contribution < -0.4 is 4.74 Å². The van der Waals surface area contributed by atoms with Crippen LogP contribution in [0.15, 0.2) is 24.3 Å². The Labute approximate surface area is 86.5 Å². The second kappa shape index (κ2) is 5.99. The number of hydrogen-bond acceptors (Lipinski definition) is 2. The first-order valence-corrected chi connectivity index (χ1v) is 4.33. The molecule has 2 nitrogen and oxygen atoms in total. The first kappa shape index (κ1) is 11.5. The second-order valence-electron chi connectivity index (χ2n) is 2.69. The maximum absolute atomic E-state index is 11.8. The lowest BCUT2D eigenvalue weighted by molar-refractivity contribution is 0.0819. The highest BCUT2D eigenvalue weighted by Crippen LogP contribution is 2.13. The molecule has 0 saturated carbocycles. The van der Waals surface area contributed by atoms with Crippen molar-refractivity contribution < 1.29 is 18.6 Å². The van der Waals surface area contributed by atoms with Gasteiger partial charge in [0, 0.05) is 5.56 Å². The molecular formula is C11H10F2O2. The van der Waals surface area contributed by atoms with Gasteiger partial charge in [0.2, 0.25) is 0 Å². The standard InChI is InChI=1S/C11H10F2O2/c12-11(13)8-15-10-5-1-3-9(7-10)4-2-6-14/h1,3,5,7,11,14H,6,8H2. The highest BCUT2D eigenvalue weighted by molar-refractivity contribution is 5.39. The van der Waals surface area contributed by atoms with Crippen LogP contribution in [0.4, 0.5) is 8.78 Å². The molecule has 0 atom stereocenters. The van der Waals surface area contributed by atoms with E-state index in [9.17, 15) is 8.78 Å². The van der Waals surface area contributed by atoms with Gasteiger partial charge in [0.05, 0.1) is 0 Å². The van der Waals surface area contributed by atoms with Crippen molar-refractivity contribution >= 4 is 0 Å². The van der Waals surface area contributed by atoms with Gasteiger partial charge >= 0.3 is 0 Å². The van der Waals surface area contributed by atoms with Gasteiger partial charge in [-0.15, -0.1) is 0 Å². The van der Waals surface area contributed by atoms with Crippen LogP contribution in [-0.2, 0) is 0 Å². The first-order valence-electron chi connectivity index (χ1n) is 4.33. The minimum atomic E-state index is -2.49. The van der Waals surface area contributed by atoms with Gasteiger partial charge in [-0.1, -0.05) is 17.9 Å². The Bertz CT molecular complexity index is 366. The van der Waals surface area contributed by atoms with E-state index < -0.39 is 13.0 Å². The molecule has 0 amide bonds. The Kier molecular flexibility index (Phi) is 4.58. The van der Waals surface area contributed by atoms with Crippen LogP contribution >= 0.6 is 0 Å². The predicted molar refractivity (Wildman–Crippen MR) is 51.9 cm³/mol. The quantitative estimate of drug-likeness (QED) is 0.772. The fourth-order valence-corrected chi connectivity index (χ4v) is 0.964. The minimum Gasteiger partial charge on any atom is -0.488 e. The van der Waals surface area contributed by atoms with Crippen LogP contribution in [0.1, 0.15) is 5.56 Å². The molecule has 0 radical (unpaired) electrons. The van der Waals surface area contributed by atoms with Crippen LogP contribution in [0.25, 0.3) is 0 Å². The zero-order valence-corrected chi connectivity index (χ0v) is 7.91. The average Bonchev–Trinajstić information content (AvgIpc) is 2.24. The third-order valence-electron chi connectivity index (χ3n) is 1.52. The minimum absolute atomic E-state index is 0.234. The van der Waals surface area contributed by atoms with E-state index in [0.717, 1.165) is 0 Å². The lowest BCUT2D eigenvalue weighted by atomic mass is 10.2. The molecule has 0 heterocycles. The molecule has 0 unspecified atom stereocenters. The zero-order chi connectivity index (χ0) is 11.1. The number of aliphatic hydroxyl groups is 1. The van der Waals surface area contributed by atoms with Gasteiger partial charge in [0.25, 0.3) is 6.43 Å². The molecule has 0 fully saturated rings. The third kappa shape index (κ3) is 4.43. The summed E-state index contributed by atoms with van der Waals surface area (Å²) in [5.41, 5.74) is 0.621. The lowest BCUT2D eigenvalue weighted by Crippen LogP contribution is -2.06. The highest BCUT2D eigenvalue weighted by Gasteiger charge is 2.03. The summed E-state index contributed by atoms with van der Waals surface area (Å²) in [7, 11) is 0. The monoisotopic (exact) mass is 212 g/mol. The number of alkyl halides is 2. The van der Waals surface area contributed by atoms with E-state index in [1.54, 1.807) is 24.3 Å². The number of aliphatic hydroxyl groups excluding tert-OH is 1. The van der Waals surface area contributed by atoms with Crippen LogP contribution in [-0.4, -0.2) is 24.7 Å². The van der Waals surface area contributed by atoms with E-state index in [1.165, 1.54) is 0 Å². The molecule has 4 heteroatoms. The molecule has 15 heavy (non-hydrogen) atoms. The maximum atomic E-state index is 11.8. The molecule has 0 saturated heterocycles. The summed E-state index contributed by atoms with van der Waals surface area (Å²) in [6, 6.07) is 6.48. The molecule has 0 aromatic heterocycles. The molecule has 0 aliphatic heterocycles. The smallest absolute Gasteiger partial charge is 0.272 e. The van der Waals surface area contributed by atoms with Gasteiger partial charge in [0.15, 0.2) is 0 Å². The van der Waals surface area contributed by atoms with E-state index in [2.05, 4.69) is 11.8 Å². The fourth-order valence-electron chi connectivity index (χ4n) is 0.964. The van der Waals surface area contributed by atoms with Gasteiger partial charge < -0.3 is 9.84 Å². The molecule has 0 aliphatic carbocycles. The predicted octanol–water partition coefficient (Wildman–Crippen LogP) is 1.67. The summed E-state index contributed by atoms with van der Waals surface area (Å²) >= 11 is 0. The van der Waals surface area contributed by atoms with Crippen molar-refractivity contribution in [3.05, 3.63) is 29.8 Å². The Hall–Kier alpha value is -1.60. The molecule has 0 spiro atoms. The summed E-state index contributed by atoms with van der Waals surface area (Å²) in [5.74, 6) is 5.46. The molecule has 0 bridgehead atoms. The van der Waals surface area contributed by atoms with Gasteiger partial charge in [-0.3, -0.25) is 0 Å². The zero-order valence-electron chi connectivity index (χ0n) is 7.91. The molecule has 1 N–H and O–H groups in total. The van der Waals surface area contributed by atoms with E-state index in [4.69, 9.17) is 9.84 Å². The van der Waals surface area contributed by atoms with Crippen LogP contribution in [0.3, 0.4) is 0 Å². The molecule has 80 valence electrons. The summed E-state index contributed by atoms with van der Waals surface area (Å²) in [6.07, 6.45) is -2.49.